The van der Waals surface area contributed by atoms with Gasteiger partial charge in [-0.3, -0.25) is 9.69 Å². The van der Waals surface area contributed by atoms with Gasteiger partial charge < -0.3 is 23.9 Å². The van der Waals surface area contributed by atoms with Crippen LogP contribution in [0.15, 0.2) is 46.3 Å². The number of nitrogens with zero attached hydrogens (tertiary/aromatic N) is 6. The van der Waals surface area contributed by atoms with E-state index >= 15 is 0 Å². The maximum absolute atomic E-state index is 14.4. The molecule has 12 heteroatoms. The molecule has 3 heterocycles. The van der Waals surface area contributed by atoms with Gasteiger partial charge in [0.25, 0.3) is 0 Å². The van der Waals surface area contributed by atoms with Crippen LogP contribution in [0, 0.1) is 23.2 Å². The Labute approximate surface area is 287 Å². The Bertz CT molecular complexity index is 1620. The van der Waals surface area contributed by atoms with E-state index in [1.165, 1.54) is 12.0 Å². The van der Waals surface area contributed by atoms with E-state index in [4.69, 9.17) is 18.9 Å². The molecule has 6 rings (SSSR count). The number of ether oxygens (including phenoxy) is 2. The molecule has 1 saturated heterocycles. The highest BCUT2D eigenvalue weighted by Gasteiger charge is 2.37. The van der Waals surface area contributed by atoms with Gasteiger partial charge in [0.05, 0.1) is 26.3 Å². The molecule has 0 unspecified atom stereocenters. The van der Waals surface area contributed by atoms with Crippen molar-refractivity contribution in [3.63, 3.8) is 0 Å². The summed E-state index contributed by atoms with van der Waals surface area (Å²) in [6.07, 6.45) is 12.2. The van der Waals surface area contributed by atoms with Gasteiger partial charge in [-0.2, -0.15) is 5.26 Å². The third-order valence-electron chi connectivity index (χ3n) is 10.2. The molecule has 4 aliphatic rings. The van der Waals surface area contributed by atoms with Gasteiger partial charge in [-0.1, -0.05) is 6.58 Å². The maximum Gasteiger partial charge on any atom is 0.410 e. The number of methoxy groups -OCH3 is 1. The lowest BCUT2D eigenvalue weighted by molar-refractivity contribution is -0.136. The summed E-state index contributed by atoms with van der Waals surface area (Å²) < 4.78 is 16.7. The lowest BCUT2D eigenvalue weighted by Gasteiger charge is -2.38. The zero-order valence-electron chi connectivity index (χ0n) is 28.4. The van der Waals surface area contributed by atoms with E-state index < -0.39 is 12.2 Å². The van der Waals surface area contributed by atoms with Crippen LogP contribution in [0.5, 0.6) is 5.75 Å². The predicted octanol–water partition coefficient (Wildman–Crippen LogP) is 5.95. The highest BCUT2D eigenvalue weighted by Crippen LogP contribution is 2.40. The van der Waals surface area contributed by atoms with Crippen molar-refractivity contribution in [2.24, 2.45) is 16.8 Å². The lowest BCUT2D eigenvalue weighted by Crippen LogP contribution is -2.54. The molecule has 49 heavy (non-hydrogen) atoms. The Morgan fingerprint density at radius 3 is 2.45 bits per heavy atom. The second-order valence-corrected chi connectivity index (χ2v) is 13.7. The van der Waals surface area contributed by atoms with Crippen LogP contribution in [0.2, 0.25) is 0 Å². The summed E-state index contributed by atoms with van der Waals surface area (Å²) in [5.74, 6) is 2.35. The molecule has 0 aromatic carbocycles. The molecule has 1 N–H and O–H groups in total. The molecule has 12 nitrogen and oxygen atoms in total. The summed E-state index contributed by atoms with van der Waals surface area (Å²) in [5.41, 5.74) is 2.46. The van der Waals surface area contributed by atoms with Crippen molar-refractivity contribution in [2.45, 2.75) is 95.2 Å². The Morgan fingerprint density at radius 1 is 1.10 bits per heavy atom. The molecule has 3 aliphatic carbocycles. The van der Waals surface area contributed by atoms with Crippen LogP contribution in [0.4, 0.5) is 4.79 Å². The van der Waals surface area contributed by atoms with Crippen molar-refractivity contribution >= 4 is 23.8 Å². The first-order valence-corrected chi connectivity index (χ1v) is 17.5. The Hall–Kier alpha value is -4.50. The van der Waals surface area contributed by atoms with Gasteiger partial charge in [0.1, 0.15) is 30.0 Å². The second-order valence-electron chi connectivity index (χ2n) is 13.7. The van der Waals surface area contributed by atoms with Crippen LogP contribution in [0.1, 0.15) is 106 Å². The number of carbonyl (C=O) groups is 2. The van der Waals surface area contributed by atoms with E-state index in [1.807, 2.05) is 30.0 Å². The Kier molecular flexibility index (Phi) is 10.8. The van der Waals surface area contributed by atoms with Gasteiger partial charge in [-0.25, -0.2) is 19.8 Å². The van der Waals surface area contributed by atoms with E-state index in [1.54, 1.807) is 12.5 Å². The number of hydrogen-bond donors (Lipinski definition) is 1. The number of amides is 2. The normalized spacial score (nSPS) is 24.6. The smallest absolute Gasteiger partial charge is 0.410 e. The van der Waals surface area contributed by atoms with E-state index in [-0.39, 0.29) is 29.8 Å². The maximum atomic E-state index is 14.4. The number of carbonyl (C=O) groups excluding carboxylic acids is 2. The number of β-amino-alcohol motifs (C(OH)–C–C–N with tert-alkyl or cyclic N) is 1. The molecule has 2 aromatic heterocycles. The largest absolute Gasteiger partial charge is 0.494 e. The van der Waals surface area contributed by atoms with Gasteiger partial charge in [0, 0.05) is 36.2 Å². The van der Waals surface area contributed by atoms with Crippen LogP contribution in [-0.4, -0.2) is 82.0 Å². The molecule has 0 radical (unpaired) electrons. The minimum absolute atomic E-state index is 0.0109. The predicted molar refractivity (Wildman–Crippen MR) is 181 cm³/mol. The van der Waals surface area contributed by atoms with Crippen molar-refractivity contribution in [2.75, 3.05) is 26.7 Å². The summed E-state index contributed by atoms with van der Waals surface area (Å²) in [6.45, 7) is 7.21. The van der Waals surface area contributed by atoms with Gasteiger partial charge in [-0.15, -0.1) is 0 Å². The van der Waals surface area contributed by atoms with Gasteiger partial charge in [-0.05, 0) is 101 Å². The van der Waals surface area contributed by atoms with E-state index in [0.717, 1.165) is 50.1 Å². The van der Waals surface area contributed by atoms with E-state index in [9.17, 15) is 20.0 Å². The third kappa shape index (κ3) is 8.21. The molecule has 2 aromatic rings. The second kappa shape index (κ2) is 15.4. The average Bonchev–Trinajstić information content (AvgIpc) is 3.84. The minimum Gasteiger partial charge on any atom is -0.494 e. The summed E-state index contributed by atoms with van der Waals surface area (Å²) in [5, 5.41) is 19.1. The summed E-state index contributed by atoms with van der Waals surface area (Å²) in [6, 6.07) is 5.90. The molecule has 1 aliphatic heterocycles. The number of allylic oxidation sites excluding steroid dienone is 2. The molecule has 0 spiro atoms. The van der Waals surface area contributed by atoms with Crippen LogP contribution in [0.3, 0.4) is 0 Å². The van der Waals surface area contributed by atoms with Crippen molar-refractivity contribution in [1.82, 2.24) is 19.8 Å². The zero-order chi connectivity index (χ0) is 34.5. The number of aliphatic hydroxyl groups excluding tert-OH is 1. The molecule has 4 fully saturated rings. The van der Waals surface area contributed by atoms with Crippen LogP contribution >= 0.6 is 0 Å². The standard InChI is InChI=1S/C37H46N6O6/c1-4-39-34(17-23(2)32-22-48-35(41-32)26-9-10-26)43(36(45)27-11-13-29(14-12-27)49-37(46)42-20-28(44)21-42)19-24-5-7-25(8-6-24)30-15-16-33(47-3)31(18-38)40-30/h4,15-17,22,24-29,44H,2,5-14,19-21H2,1,3H3/b34-17+,39-4?. The van der Waals surface area contributed by atoms with Crippen LogP contribution < -0.4 is 4.74 Å². The first-order chi connectivity index (χ1) is 23.8. The molecule has 2 amide bonds. The molecule has 0 atom stereocenters. The summed E-state index contributed by atoms with van der Waals surface area (Å²) >= 11 is 0. The highest BCUT2D eigenvalue weighted by atomic mass is 16.6. The lowest BCUT2D eigenvalue weighted by atomic mass is 9.79. The van der Waals surface area contributed by atoms with Crippen molar-refractivity contribution in [1.29, 1.82) is 5.26 Å². The third-order valence-corrected chi connectivity index (χ3v) is 10.2. The molecule has 260 valence electrons. The molecular formula is C37H46N6O6. The van der Waals surface area contributed by atoms with Crippen LogP contribution in [0.25, 0.3) is 5.57 Å². The quantitative estimate of drug-likeness (QED) is 0.226. The molecule has 3 saturated carbocycles. The number of hydrogen-bond acceptors (Lipinski definition) is 10. The Balaban J connectivity index is 1.16. The Morgan fingerprint density at radius 2 is 1.82 bits per heavy atom. The van der Waals surface area contributed by atoms with E-state index in [2.05, 4.69) is 22.6 Å². The number of aromatic nitrogens is 2. The van der Waals surface area contributed by atoms with E-state index in [0.29, 0.717) is 79.8 Å². The first kappa shape index (κ1) is 34.4. The number of aliphatic hydroxyl groups is 1. The number of likely N-dealkylation sites (tertiary alicyclic amines) is 1. The SMILES string of the molecule is C=C(/C=C(\N=CC)N(CC1CCC(c2ccc(OC)c(C#N)n2)CC1)C(=O)C1CCC(OC(=O)N2CC(O)C2)CC1)c1coc(C2CC2)n1. The van der Waals surface area contributed by atoms with Gasteiger partial charge >= 0.3 is 6.09 Å². The summed E-state index contributed by atoms with van der Waals surface area (Å²) in [4.78, 5) is 44.1. The topological polar surface area (TPSA) is 154 Å². The minimum atomic E-state index is -0.480. The fourth-order valence-corrected chi connectivity index (χ4v) is 7.10. The highest BCUT2D eigenvalue weighted by molar-refractivity contribution is 5.82. The number of oxazole rings is 1. The molecular weight excluding hydrogens is 624 g/mol. The van der Waals surface area contributed by atoms with Crippen molar-refractivity contribution in [3.8, 4) is 11.8 Å². The average molecular weight is 671 g/mol. The first-order valence-electron chi connectivity index (χ1n) is 17.5. The van der Waals surface area contributed by atoms with Crippen LogP contribution in [-0.2, 0) is 9.53 Å². The van der Waals surface area contributed by atoms with Gasteiger partial charge in [0.2, 0.25) is 5.91 Å². The number of rotatable bonds is 11. The fraction of sp³-hybridized carbons (Fsp3) is 0.568. The van der Waals surface area contributed by atoms with Gasteiger partial charge in [0.15, 0.2) is 17.3 Å². The number of pyridine rings is 1. The summed E-state index contributed by atoms with van der Waals surface area (Å²) in [7, 11) is 1.54. The van der Waals surface area contributed by atoms with Crippen molar-refractivity contribution < 1.29 is 28.6 Å². The molecule has 0 bridgehead atoms. The fourth-order valence-electron chi connectivity index (χ4n) is 7.10. The van der Waals surface area contributed by atoms with Crippen molar-refractivity contribution in [3.05, 3.63) is 59.8 Å². The monoisotopic (exact) mass is 670 g/mol. The number of nitriles is 1. The number of aliphatic imine (C=N–C) groups is 1. The zero-order valence-corrected chi connectivity index (χ0v) is 28.4.